The van der Waals surface area contributed by atoms with E-state index in [9.17, 15) is 0 Å². The van der Waals surface area contributed by atoms with Crippen LogP contribution in [0, 0.1) is 5.92 Å². The van der Waals surface area contributed by atoms with Crippen LogP contribution in [0.25, 0.3) is 5.57 Å². The first-order valence-corrected chi connectivity index (χ1v) is 5.72. The van der Waals surface area contributed by atoms with E-state index in [4.69, 9.17) is 0 Å². The third kappa shape index (κ3) is 2.04. The Morgan fingerprint density at radius 1 is 1.40 bits per heavy atom. The second-order valence-corrected chi connectivity index (χ2v) is 4.29. The number of hydrogen-bond donors (Lipinski definition) is 0. The molecule has 1 aliphatic carbocycles. The first-order valence-electron chi connectivity index (χ1n) is 5.72. The summed E-state index contributed by atoms with van der Waals surface area (Å²) in [4.78, 5) is 0. The minimum atomic E-state index is 0.659. The lowest BCUT2D eigenvalue weighted by Crippen LogP contribution is -1.97. The highest BCUT2D eigenvalue weighted by Crippen LogP contribution is 2.34. The molecule has 2 rings (SSSR count). The van der Waals surface area contributed by atoms with Gasteiger partial charge in [0.05, 0.1) is 0 Å². The molecule has 0 radical (unpaired) electrons. The van der Waals surface area contributed by atoms with Crippen molar-refractivity contribution in [2.24, 2.45) is 5.92 Å². The maximum atomic E-state index is 3.78. The van der Waals surface area contributed by atoms with Gasteiger partial charge >= 0.3 is 0 Å². The van der Waals surface area contributed by atoms with Crippen LogP contribution in [0.4, 0.5) is 0 Å². The van der Waals surface area contributed by atoms with Crippen LogP contribution in [0.2, 0.25) is 0 Å². The van der Waals surface area contributed by atoms with Crippen LogP contribution in [0.3, 0.4) is 0 Å². The summed E-state index contributed by atoms with van der Waals surface area (Å²) in [6, 6.07) is 8.75. The van der Waals surface area contributed by atoms with Gasteiger partial charge in [0.15, 0.2) is 0 Å². The Hall–Kier alpha value is -1.30. The van der Waals surface area contributed by atoms with Crippen molar-refractivity contribution in [1.82, 2.24) is 0 Å². The van der Waals surface area contributed by atoms with Crippen molar-refractivity contribution < 1.29 is 0 Å². The molecule has 0 spiro atoms. The second kappa shape index (κ2) is 4.48. The molecule has 1 aliphatic rings. The molecule has 0 aliphatic heterocycles. The van der Waals surface area contributed by atoms with E-state index in [0.29, 0.717) is 5.92 Å². The van der Waals surface area contributed by atoms with Crippen molar-refractivity contribution >= 4 is 5.57 Å². The number of hydrogen-bond acceptors (Lipinski definition) is 0. The molecular formula is C15H18. The Morgan fingerprint density at radius 2 is 2.20 bits per heavy atom. The first kappa shape index (κ1) is 10.2. The van der Waals surface area contributed by atoms with Gasteiger partial charge in [0.1, 0.15) is 0 Å². The van der Waals surface area contributed by atoms with Crippen LogP contribution in [-0.4, -0.2) is 0 Å². The molecule has 0 N–H and O–H groups in total. The zero-order chi connectivity index (χ0) is 10.7. The summed E-state index contributed by atoms with van der Waals surface area (Å²) in [5.41, 5.74) is 4.49. The Balaban J connectivity index is 2.15. The van der Waals surface area contributed by atoms with Gasteiger partial charge in [0.25, 0.3) is 0 Å². The lowest BCUT2D eigenvalue weighted by Gasteiger charge is -2.13. The molecule has 1 unspecified atom stereocenters. The monoisotopic (exact) mass is 198 g/mol. The van der Waals surface area contributed by atoms with Crippen LogP contribution in [0.5, 0.6) is 0 Å². The number of rotatable bonds is 4. The Labute approximate surface area is 92.3 Å². The van der Waals surface area contributed by atoms with E-state index in [1.807, 2.05) is 6.08 Å². The highest BCUT2D eigenvalue weighted by molar-refractivity contribution is 5.74. The predicted octanol–water partition coefficient (Wildman–Crippen LogP) is 4.23. The summed E-state index contributed by atoms with van der Waals surface area (Å²) in [6.45, 7) is 6.10. The molecule has 0 heterocycles. The van der Waals surface area contributed by atoms with E-state index in [-0.39, 0.29) is 0 Å². The van der Waals surface area contributed by atoms with Crippen molar-refractivity contribution in [3.8, 4) is 0 Å². The van der Waals surface area contributed by atoms with Gasteiger partial charge in [0.2, 0.25) is 0 Å². The minimum Gasteiger partial charge on any atom is -0.103 e. The van der Waals surface area contributed by atoms with Crippen molar-refractivity contribution in [2.75, 3.05) is 0 Å². The molecule has 15 heavy (non-hydrogen) atoms. The average molecular weight is 198 g/mol. The number of allylic oxidation sites excluding steroid dienone is 3. The van der Waals surface area contributed by atoms with E-state index in [2.05, 4.69) is 43.8 Å². The summed E-state index contributed by atoms with van der Waals surface area (Å²) >= 11 is 0. The predicted molar refractivity (Wildman–Crippen MR) is 66.7 cm³/mol. The van der Waals surface area contributed by atoms with Gasteiger partial charge in [-0.2, -0.15) is 0 Å². The highest BCUT2D eigenvalue weighted by atomic mass is 14.2. The molecule has 1 aromatic rings. The summed E-state index contributed by atoms with van der Waals surface area (Å²) in [5.74, 6) is 0.659. The van der Waals surface area contributed by atoms with E-state index in [1.54, 1.807) is 0 Å². The van der Waals surface area contributed by atoms with Gasteiger partial charge in [-0.1, -0.05) is 43.3 Å². The largest absolute Gasteiger partial charge is 0.103 e. The average Bonchev–Trinajstić information content (AvgIpc) is 2.69. The summed E-state index contributed by atoms with van der Waals surface area (Å²) in [6.07, 6.45) is 7.84. The molecule has 1 atom stereocenters. The fourth-order valence-corrected chi connectivity index (χ4v) is 2.30. The van der Waals surface area contributed by atoms with Crippen molar-refractivity contribution in [3.05, 3.63) is 54.1 Å². The van der Waals surface area contributed by atoms with Gasteiger partial charge in [-0.15, -0.1) is 6.58 Å². The third-order valence-electron chi connectivity index (χ3n) is 3.20. The maximum Gasteiger partial charge on any atom is -0.00853 e. The second-order valence-electron chi connectivity index (χ2n) is 4.29. The number of fused-ring (bicyclic) bond motifs is 1. The molecule has 0 nitrogen and oxygen atoms in total. The van der Waals surface area contributed by atoms with Gasteiger partial charge in [0, 0.05) is 0 Å². The molecule has 0 saturated heterocycles. The lowest BCUT2D eigenvalue weighted by atomic mass is 9.92. The van der Waals surface area contributed by atoms with E-state index >= 15 is 0 Å². The molecule has 0 amide bonds. The first-order chi connectivity index (χ1) is 7.33. The molecule has 0 heteroatoms. The van der Waals surface area contributed by atoms with Crippen molar-refractivity contribution in [3.63, 3.8) is 0 Å². The number of benzene rings is 1. The fraction of sp³-hybridized carbons (Fsp3) is 0.333. The van der Waals surface area contributed by atoms with Gasteiger partial charge < -0.3 is 0 Å². The molecular weight excluding hydrogens is 180 g/mol. The third-order valence-corrected chi connectivity index (χ3v) is 3.20. The maximum absolute atomic E-state index is 3.78. The summed E-state index contributed by atoms with van der Waals surface area (Å²) in [5, 5.41) is 0. The van der Waals surface area contributed by atoms with Crippen LogP contribution in [0.1, 0.15) is 30.9 Å². The van der Waals surface area contributed by atoms with E-state index in [1.165, 1.54) is 23.1 Å². The molecule has 78 valence electrons. The fourth-order valence-electron chi connectivity index (χ4n) is 2.30. The quantitative estimate of drug-likeness (QED) is 0.635. The van der Waals surface area contributed by atoms with E-state index < -0.39 is 0 Å². The molecule has 0 aromatic heterocycles. The highest BCUT2D eigenvalue weighted by Gasteiger charge is 2.17. The topological polar surface area (TPSA) is 0 Å². The molecule has 0 saturated carbocycles. The van der Waals surface area contributed by atoms with Crippen LogP contribution >= 0.6 is 0 Å². The van der Waals surface area contributed by atoms with E-state index in [0.717, 1.165) is 12.8 Å². The standard InChI is InChI=1S/C15H18/c1-3-4-7-12(2)14-11-10-13-8-5-6-9-15(13)14/h3,5-6,8-9,11-12H,1,4,7,10H2,2H3. The van der Waals surface area contributed by atoms with Gasteiger partial charge in [-0.25, -0.2) is 0 Å². The van der Waals surface area contributed by atoms with Crippen molar-refractivity contribution in [1.29, 1.82) is 0 Å². The van der Waals surface area contributed by atoms with Gasteiger partial charge in [-0.05, 0) is 41.9 Å². The molecule has 0 bridgehead atoms. The summed E-state index contributed by atoms with van der Waals surface area (Å²) in [7, 11) is 0. The Bertz CT molecular complexity index is 385. The minimum absolute atomic E-state index is 0.659. The summed E-state index contributed by atoms with van der Waals surface area (Å²) < 4.78 is 0. The SMILES string of the molecule is C=CCCC(C)C1=CCc2ccccc21. The molecule has 1 aromatic carbocycles. The lowest BCUT2D eigenvalue weighted by molar-refractivity contribution is 0.676. The zero-order valence-electron chi connectivity index (χ0n) is 9.37. The van der Waals surface area contributed by atoms with Crippen LogP contribution in [-0.2, 0) is 6.42 Å². The van der Waals surface area contributed by atoms with Crippen molar-refractivity contribution in [2.45, 2.75) is 26.2 Å². The smallest absolute Gasteiger partial charge is 0.00853 e. The van der Waals surface area contributed by atoms with Crippen LogP contribution in [0.15, 0.2) is 43.0 Å². The zero-order valence-corrected chi connectivity index (χ0v) is 9.37. The Kier molecular flexibility index (Phi) is 3.05. The Morgan fingerprint density at radius 3 is 3.00 bits per heavy atom. The van der Waals surface area contributed by atoms with Crippen LogP contribution < -0.4 is 0 Å². The normalized spacial score (nSPS) is 15.7. The molecule has 0 fully saturated rings. The van der Waals surface area contributed by atoms with Gasteiger partial charge in [-0.3, -0.25) is 0 Å².